The summed E-state index contributed by atoms with van der Waals surface area (Å²) in [4.78, 5) is 5.76. The molecule has 0 aliphatic heterocycles. The van der Waals surface area contributed by atoms with Gasteiger partial charge in [-0.3, -0.25) is 0 Å². The zero-order chi connectivity index (χ0) is 13.0. The highest BCUT2D eigenvalue weighted by molar-refractivity contribution is 7.11. The number of aryl methyl sites for hydroxylation is 2. The average Bonchev–Trinajstić information content (AvgIpc) is 2.69. The fourth-order valence-electron chi connectivity index (χ4n) is 1.63. The Morgan fingerprint density at radius 3 is 2.50 bits per heavy atom. The zero-order valence-electron chi connectivity index (χ0n) is 10.5. The molecule has 0 spiro atoms. The molecule has 0 saturated heterocycles. The number of thiazole rings is 1. The van der Waals surface area contributed by atoms with Crippen molar-refractivity contribution in [3.63, 3.8) is 0 Å². The molecule has 0 unspecified atom stereocenters. The number of nitriles is 1. The minimum atomic E-state index is 0.699. The van der Waals surface area contributed by atoms with E-state index < -0.39 is 0 Å². The van der Waals surface area contributed by atoms with Crippen LogP contribution >= 0.6 is 11.3 Å². The normalized spacial score (nSPS) is 10.3. The van der Waals surface area contributed by atoms with Crippen molar-refractivity contribution in [3.05, 3.63) is 51.0 Å². The lowest BCUT2D eigenvalue weighted by Gasteiger charge is -2.02. The second kappa shape index (κ2) is 5.76. The monoisotopic (exact) mass is 257 g/mol. The molecular formula is C14H15N3S. The van der Waals surface area contributed by atoms with Crippen LogP contribution in [0.3, 0.4) is 0 Å². The summed E-state index contributed by atoms with van der Waals surface area (Å²) in [5, 5.41) is 13.2. The van der Waals surface area contributed by atoms with E-state index in [4.69, 9.17) is 5.26 Å². The number of benzene rings is 1. The third-order valence-electron chi connectivity index (χ3n) is 2.76. The summed E-state index contributed by atoms with van der Waals surface area (Å²) < 4.78 is 0. The predicted octanol–water partition coefficient (Wildman–Crippen LogP) is 2.92. The summed E-state index contributed by atoms with van der Waals surface area (Å²) in [7, 11) is 0. The van der Waals surface area contributed by atoms with Crippen molar-refractivity contribution >= 4 is 11.3 Å². The van der Waals surface area contributed by atoms with E-state index in [0.717, 1.165) is 23.8 Å². The topological polar surface area (TPSA) is 48.7 Å². The number of aromatic nitrogens is 1. The Bertz CT molecular complexity index is 544. The van der Waals surface area contributed by atoms with Crippen LogP contribution in [-0.4, -0.2) is 4.98 Å². The Morgan fingerprint density at radius 2 is 1.94 bits per heavy atom. The molecule has 0 aliphatic rings. The summed E-state index contributed by atoms with van der Waals surface area (Å²) in [6, 6.07) is 9.75. The van der Waals surface area contributed by atoms with E-state index in [2.05, 4.69) is 23.3 Å². The summed E-state index contributed by atoms with van der Waals surface area (Å²) in [5.74, 6) is 0. The van der Waals surface area contributed by atoms with E-state index in [1.807, 2.05) is 31.2 Å². The molecule has 3 nitrogen and oxygen atoms in total. The lowest BCUT2D eigenvalue weighted by Crippen LogP contribution is -2.12. The number of rotatable bonds is 4. The van der Waals surface area contributed by atoms with Gasteiger partial charge in [0.2, 0.25) is 0 Å². The van der Waals surface area contributed by atoms with Crippen molar-refractivity contribution in [2.24, 2.45) is 0 Å². The van der Waals surface area contributed by atoms with Crippen molar-refractivity contribution in [3.8, 4) is 6.07 Å². The second-order valence-corrected chi connectivity index (χ2v) is 5.45. The molecule has 0 atom stereocenters. The van der Waals surface area contributed by atoms with Gasteiger partial charge in [0.05, 0.1) is 17.3 Å². The summed E-state index contributed by atoms with van der Waals surface area (Å²) in [6.07, 6.45) is 0. The van der Waals surface area contributed by atoms with Gasteiger partial charge in [-0.05, 0) is 31.5 Å². The van der Waals surface area contributed by atoms with Gasteiger partial charge in [-0.25, -0.2) is 4.98 Å². The van der Waals surface area contributed by atoms with Gasteiger partial charge in [-0.1, -0.05) is 12.1 Å². The lowest BCUT2D eigenvalue weighted by atomic mass is 10.1. The Morgan fingerprint density at radius 1 is 1.22 bits per heavy atom. The number of hydrogen-bond donors (Lipinski definition) is 1. The molecule has 1 aromatic carbocycles. The summed E-state index contributed by atoms with van der Waals surface area (Å²) in [5.41, 5.74) is 3.00. The molecule has 4 heteroatoms. The van der Waals surface area contributed by atoms with Crippen LogP contribution in [-0.2, 0) is 13.1 Å². The molecule has 92 valence electrons. The van der Waals surface area contributed by atoms with Crippen LogP contribution in [0.5, 0.6) is 0 Å². The number of nitrogens with one attached hydrogen (secondary N) is 1. The molecule has 18 heavy (non-hydrogen) atoms. The van der Waals surface area contributed by atoms with Crippen LogP contribution in [0.2, 0.25) is 0 Å². The molecule has 0 aliphatic carbocycles. The van der Waals surface area contributed by atoms with Crippen molar-refractivity contribution in [2.45, 2.75) is 26.9 Å². The average molecular weight is 257 g/mol. The van der Waals surface area contributed by atoms with E-state index in [-0.39, 0.29) is 0 Å². The van der Waals surface area contributed by atoms with Gasteiger partial charge in [-0.2, -0.15) is 5.26 Å². The molecule has 0 fully saturated rings. The number of nitrogens with zero attached hydrogens (tertiary/aromatic N) is 2. The first kappa shape index (κ1) is 12.7. The first-order valence-electron chi connectivity index (χ1n) is 5.81. The molecule has 1 N–H and O–H groups in total. The Balaban J connectivity index is 1.86. The first-order valence-corrected chi connectivity index (χ1v) is 6.63. The molecule has 0 bridgehead atoms. The van der Waals surface area contributed by atoms with Gasteiger partial charge in [0, 0.05) is 18.0 Å². The van der Waals surface area contributed by atoms with Gasteiger partial charge >= 0.3 is 0 Å². The highest BCUT2D eigenvalue weighted by atomic mass is 32.1. The third-order valence-corrected chi connectivity index (χ3v) is 3.83. The van der Waals surface area contributed by atoms with E-state index in [9.17, 15) is 0 Å². The Hall–Kier alpha value is -1.70. The van der Waals surface area contributed by atoms with Crippen molar-refractivity contribution in [2.75, 3.05) is 0 Å². The first-order chi connectivity index (χ1) is 8.69. The highest BCUT2D eigenvalue weighted by Crippen LogP contribution is 2.16. The molecule has 0 radical (unpaired) electrons. The van der Waals surface area contributed by atoms with Crippen molar-refractivity contribution < 1.29 is 0 Å². The maximum absolute atomic E-state index is 8.71. The van der Waals surface area contributed by atoms with Crippen LogP contribution in [0.25, 0.3) is 0 Å². The standard InChI is InChI=1S/C14H15N3S/c1-10-11(2)18-14(17-10)9-16-8-13-5-3-12(7-15)4-6-13/h3-6,16H,8-9H2,1-2H3. The minimum absolute atomic E-state index is 0.699. The van der Waals surface area contributed by atoms with Gasteiger partial charge in [0.15, 0.2) is 0 Å². The molecule has 1 heterocycles. The van der Waals surface area contributed by atoms with Gasteiger partial charge < -0.3 is 5.32 Å². The smallest absolute Gasteiger partial charge is 0.107 e. The lowest BCUT2D eigenvalue weighted by molar-refractivity contribution is 0.689. The van der Waals surface area contributed by atoms with E-state index in [1.165, 1.54) is 10.4 Å². The molecule has 0 amide bonds. The SMILES string of the molecule is Cc1nc(CNCc2ccc(C#N)cc2)sc1C. The quantitative estimate of drug-likeness (QED) is 0.916. The van der Waals surface area contributed by atoms with Crippen LogP contribution in [0.15, 0.2) is 24.3 Å². The van der Waals surface area contributed by atoms with Crippen LogP contribution < -0.4 is 5.32 Å². The summed E-state index contributed by atoms with van der Waals surface area (Å²) >= 11 is 1.74. The van der Waals surface area contributed by atoms with Crippen molar-refractivity contribution in [1.82, 2.24) is 10.3 Å². The fraction of sp³-hybridized carbons (Fsp3) is 0.286. The van der Waals surface area contributed by atoms with E-state index in [0.29, 0.717) is 5.56 Å². The van der Waals surface area contributed by atoms with Crippen LogP contribution in [0, 0.1) is 25.2 Å². The molecular weight excluding hydrogens is 242 g/mol. The van der Waals surface area contributed by atoms with E-state index in [1.54, 1.807) is 11.3 Å². The Kier molecular flexibility index (Phi) is 4.08. The predicted molar refractivity (Wildman–Crippen MR) is 73.3 cm³/mol. The zero-order valence-corrected chi connectivity index (χ0v) is 11.3. The molecule has 2 aromatic rings. The van der Waals surface area contributed by atoms with Crippen molar-refractivity contribution in [1.29, 1.82) is 5.26 Å². The Labute approximate surface area is 111 Å². The van der Waals surface area contributed by atoms with E-state index >= 15 is 0 Å². The molecule has 1 aromatic heterocycles. The minimum Gasteiger partial charge on any atom is -0.306 e. The van der Waals surface area contributed by atoms with Gasteiger partial charge in [-0.15, -0.1) is 11.3 Å². The largest absolute Gasteiger partial charge is 0.306 e. The van der Waals surface area contributed by atoms with Gasteiger partial charge in [0.25, 0.3) is 0 Å². The highest BCUT2D eigenvalue weighted by Gasteiger charge is 2.02. The summed E-state index contributed by atoms with van der Waals surface area (Å²) in [6.45, 7) is 5.72. The maximum atomic E-state index is 8.71. The number of hydrogen-bond acceptors (Lipinski definition) is 4. The maximum Gasteiger partial charge on any atom is 0.107 e. The third kappa shape index (κ3) is 3.16. The molecule has 2 rings (SSSR count). The second-order valence-electron chi connectivity index (χ2n) is 4.16. The van der Waals surface area contributed by atoms with Crippen LogP contribution in [0.1, 0.15) is 26.7 Å². The van der Waals surface area contributed by atoms with Gasteiger partial charge in [0.1, 0.15) is 5.01 Å². The van der Waals surface area contributed by atoms with Crippen LogP contribution in [0.4, 0.5) is 0 Å². The molecule has 0 saturated carbocycles. The fourth-order valence-corrected chi connectivity index (χ4v) is 2.53.